The molecule has 0 N–H and O–H groups in total. The average molecular weight is 803 g/mol. The third kappa shape index (κ3) is 7.82. The van der Waals surface area contributed by atoms with E-state index in [0.29, 0.717) is 0 Å². The van der Waals surface area contributed by atoms with E-state index < -0.39 is 0 Å². The van der Waals surface area contributed by atoms with Gasteiger partial charge in [-0.3, -0.25) is 9.97 Å². The van der Waals surface area contributed by atoms with E-state index in [0.717, 1.165) is 50.3 Å². The molecule has 0 spiro atoms. The second-order valence-electron chi connectivity index (χ2n) is 12.9. The number of aryl methyl sites for hydroxylation is 3. The Morgan fingerprint density at radius 1 is 0.583 bits per heavy atom. The standard InChI is InChI=1S/C31H28N3.C12H10N.Ir/c1-20-15-21(2)34-19-28(20)26-10-9-25(27-12-13-32-18-29(26)27)22-7-6-8-23(16-22)30-17-24(11-14-33-30)31(3,4)5;1-10-7-8-13-12(9-10)11-5-3-2-4-6-11;/h6-7,9-19H,1-5H3;2-5,7-9H,1H3;/q2*-1;. The quantitative estimate of drug-likeness (QED) is 0.166. The number of benzene rings is 3. The molecule has 7 rings (SSSR count). The van der Waals surface area contributed by atoms with E-state index in [1.54, 1.807) is 0 Å². The van der Waals surface area contributed by atoms with Gasteiger partial charge in [0.25, 0.3) is 0 Å². The van der Waals surface area contributed by atoms with Gasteiger partial charge in [-0.2, -0.15) is 0 Å². The molecule has 3 aromatic carbocycles. The SMILES string of the molecule is Cc1cc(C)c(-c2ccc(-c3cc[c-]c(-c4cc(C(C)(C)C)ccn4)c3)c3ccncc23)cn1.Cc1ccnc(-c2[c-]cccc2)c1.[Ir]. The molecule has 0 aliphatic heterocycles. The van der Waals surface area contributed by atoms with Crippen LogP contribution in [0.5, 0.6) is 0 Å². The fraction of sp³-hybridized carbons (Fsp3) is 0.163. The molecule has 0 amide bonds. The molecular weight excluding hydrogens is 765 g/mol. The Labute approximate surface area is 297 Å². The monoisotopic (exact) mass is 803 g/mol. The van der Waals surface area contributed by atoms with Crippen LogP contribution in [0, 0.1) is 32.9 Å². The normalized spacial score (nSPS) is 11.0. The summed E-state index contributed by atoms with van der Waals surface area (Å²) >= 11 is 0. The molecular formula is C43H38IrN4-2. The first kappa shape index (κ1) is 34.5. The summed E-state index contributed by atoms with van der Waals surface area (Å²) in [6, 6.07) is 37.6. The molecule has 241 valence electrons. The van der Waals surface area contributed by atoms with Crippen LogP contribution in [0.2, 0.25) is 0 Å². The van der Waals surface area contributed by atoms with Gasteiger partial charge in [0.15, 0.2) is 0 Å². The van der Waals surface area contributed by atoms with Crippen molar-refractivity contribution in [1.29, 1.82) is 0 Å². The zero-order valence-electron chi connectivity index (χ0n) is 28.2. The van der Waals surface area contributed by atoms with Crippen LogP contribution in [0.4, 0.5) is 0 Å². The molecule has 0 atom stereocenters. The fourth-order valence-electron chi connectivity index (χ4n) is 5.72. The van der Waals surface area contributed by atoms with Crippen molar-refractivity contribution in [2.45, 2.75) is 47.0 Å². The third-order valence-corrected chi connectivity index (χ3v) is 8.27. The smallest absolute Gasteiger partial charge is 0.0375 e. The summed E-state index contributed by atoms with van der Waals surface area (Å²) in [5.41, 5.74) is 13.4. The first-order chi connectivity index (χ1) is 22.7. The summed E-state index contributed by atoms with van der Waals surface area (Å²) < 4.78 is 0. The fourth-order valence-corrected chi connectivity index (χ4v) is 5.72. The van der Waals surface area contributed by atoms with E-state index >= 15 is 0 Å². The van der Waals surface area contributed by atoms with Crippen LogP contribution in [0.1, 0.15) is 43.2 Å². The van der Waals surface area contributed by atoms with Crippen LogP contribution in [-0.2, 0) is 25.5 Å². The topological polar surface area (TPSA) is 51.6 Å². The Balaban J connectivity index is 0.000000270. The Bertz CT molecular complexity index is 2170. The molecule has 7 aromatic rings. The molecule has 0 aliphatic rings. The van der Waals surface area contributed by atoms with Crippen molar-refractivity contribution in [3.8, 4) is 44.8 Å². The summed E-state index contributed by atoms with van der Waals surface area (Å²) in [6.07, 6.45) is 9.50. The zero-order chi connectivity index (χ0) is 33.0. The van der Waals surface area contributed by atoms with E-state index in [1.165, 1.54) is 27.6 Å². The van der Waals surface area contributed by atoms with Crippen LogP contribution in [0.25, 0.3) is 55.5 Å². The minimum absolute atomic E-state index is 0. The first-order valence-corrected chi connectivity index (χ1v) is 15.9. The van der Waals surface area contributed by atoms with Gasteiger partial charge < -0.3 is 9.97 Å². The maximum atomic E-state index is 4.64. The Morgan fingerprint density at radius 2 is 1.33 bits per heavy atom. The van der Waals surface area contributed by atoms with Crippen LogP contribution in [0.15, 0.2) is 122 Å². The Hall–Kier alpha value is -4.83. The van der Waals surface area contributed by atoms with E-state index in [2.05, 4.69) is 121 Å². The van der Waals surface area contributed by atoms with E-state index in [-0.39, 0.29) is 25.5 Å². The van der Waals surface area contributed by atoms with Crippen molar-refractivity contribution < 1.29 is 20.1 Å². The number of aromatic nitrogens is 4. The van der Waals surface area contributed by atoms with Crippen LogP contribution >= 0.6 is 0 Å². The van der Waals surface area contributed by atoms with Crippen LogP contribution in [0.3, 0.4) is 0 Å². The number of rotatable bonds is 4. The minimum Gasteiger partial charge on any atom is -0.305 e. The van der Waals surface area contributed by atoms with Gasteiger partial charge in [0.05, 0.1) is 0 Å². The third-order valence-electron chi connectivity index (χ3n) is 8.27. The van der Waals surface area contributed by atoms with Crippen molar-refractivity contribution in [2.75, 3.05) is 0 Å². The van der Waals surface area contributed by atoms with Crippen LogP contribution in [-0.4, -0.2) is 19.9 Å². The second-order valence-corrected chi connectivity index (χ2v) is 12.9. The van der Waals surface area contributed by atoms with Gasteiger partial charge in [0, 0.05) is 67.7 Å². The van der Waals surface area contributed by atoms with E-state index in [4.69, 9.17) is 0 Å². The second kappa shape index (κ2) is 14.9. The van der Waals surface area contributed by atoms with Crippen molar-refractivity contribution in [3.05, 3.63) is 156 Å². The number of fused-ring (bicyclic) bond motifs is 1. The number of nitrogens with zero attached hydrogens (tertiary/aromatic N) is 4. The van der Waals surface area contributed by atoms with Gasteiger partial charge in [-0.15, -0.1) is 71.3 Å². The molecule has 0 fully saturated rings. The largest absolute Gasteiger partial charge is 0.305 e. The molecule has 4 heterocycles. The van der Waals surface area contributed by atoms with Gasteiger partial charge in [-0.05, 0) is 89.5 Å². The molecule has 0 aliphatic carbocycles. The molecule has 0 saturated carbocycles. The predicted molar refractivity (Wildman–Crippen MR) is 194 cm³/mol. The molecule has 48 heavy (non-hydrogen) atoms. The summed E-state index contributed by atoms with van der Waals surface area (Å²) in [4.78, 5) is 17.9. The Morgan fingerprint density at radius 3 is 2.06 bits per heavy atom. The number of hydrogen-bond donors (Lipinski definition) is 0. The molecule has 0 saturated heterocycles. The zero-order valence-corrected chi connectivity index (χ0v) is 30.6. The van der Waals surface area contributed by atoms with Gasteiger partial charge >= 0.3 is 0 Å². The molecule has 0 bridgehead atoms. The summed E-state index contributed by atoms with van der Waals surface area (Å²) in [7, 11) is 0. The van der Waals surface area contributed by atoms with Gasteiger partial charge in [0.2, 0.25) is 0 Å². The summed E-state index contributed by atoms with van der Waals surface area (Å²) in [5, 5.41) is 2.29. The average Bonchev–Trinajstić information content (AvgIpc) is 3.08. The van der Waals surface area contributed by atoms with Crippen molar-refractivity contribution in [2.24, 2.45) is 0 Å². The van der Waals surface area contributed by atoms with Gasteiger partial charge in [-0.25, -0.2) is 0 Å². The van der Waals surface area contributed by atoms with Crippen molar-refractivity contribution in [1.82, 2.24) is 19.9 Å². The van der Waals surface area contributed by atoms with Gasteiger partial charge in [0.1, 0.15) is 0 Å². The predicted octanol–water partition coefficient (Wildman–Crippen LogP) is 10.6. The van der Waals surface area contributed by atoms with Crippen molar-refractivity contribution >= 4 is 10.8 Å². The number of pyridine rings is 4. The molecule has 4 nitrogen and oxygen atoms in total. The first-order valence-electron chi connectivity index (χ1n) is 15.9. The van der Waals surface area contributed by atoms with Gasteiger partial charge in [-0.1, -0.05) is 50.6 Å². The van der Waals surface area contributed by atoms with E-state index in [9.17, 15) is 0 Å². The Kier molecular flexibility index (Phi) is 10.7. The summed E-state index contributed by atoms with van der Waals surface area (Å²) in [6.45, 7) is 12.9. The summed E-state index contributed by atoms with van der Waals surface area (Å²) in [5.74, 6) is 0. The van der Waals surface area contributed by atoms with Crippen LogP contribution < -0.4 is 0 Å². The van der Waals surface area contributed by atoms with E-state index in [1.807, 2.05) is 74.3 Å². The van der Waals surface area contributed by atoms with Crippen molar-refractivity contribution in [3.63, 3.8) is 0 Å². The molecule has 5 heteroatoms. The molecule has 1 radical (unpaired) electrons. The minimum atomic E-state index is 0. The molecule has 0 unspecified atom stereocenters. The maximum absolute atomic E-state index is 4.64. The maximum Gasteiger partial charge on any atom is 0.0375 e. The number of hydrogen-bond acceptors (Lipinski definition) is 4. The molecule has 4 aromatic heterocycles.